The van der Waals surface area contributed by atoms with Crippen LogP contribution in [0.3, 0.4) is 0 Å². The molecule has 0 amide bonds. The molecule has 0 aliphatic carbocycles. The maximum atomic E-state index is 11.8. The molecule has 2 heterocycles. The zero-order valence-electron chi connectivity index (χ0n) is 9.33. The Bertz CT molecular complexity index is 729. The Morgan fingerprint density at radius 2 is 2.11 bits per heavy atom. The van der Waals surface area contributed by atoms with Gasteiger partial charge < -0.3 is 0 Å². The van der Waals surface area contributed by atoms with Crippen LogP contribution in [0.15, 0.2) is 34.7 Å². The molecule has 0 radical (unpaired) electrons. The van der Waals surface area contributed by atoms with E-state index >= 15 is 0 Å². The highest BCUT2D eigenvalue weighted by molar-refractivity contribution is 7.93. The monoisotopic (exact) mass is 267 g/mol. The van der Waals surface area contributed by atoms with Crippen molar-refractivity contribution in [3.63, 3.8) is 0 Å². The van der Waals surface area contributed by atoms with Gasteiger partial charge in [0, 0.05) is 24.1 Å². The van der Waals surface area contributed by atoms with E-state index in [0.717, 1.165) is 27.2 Å². The minimum Gasteiger partial charge on any atom is -0.262 e. The molecule has 0 aromatic carbocycles. The normalized spacial score (nSPS) is 12.1. The molecule has 0 atom stereocenters. The smallest absolute Gasteiger partial charge is 0.262 e. The Hall–Kier alpha value is -2.29. The van der Waals surface area contributed by atoms with E-state index in [1.807, 2.05) is 0 Å². The predicted octanol–water partition coefficient (Wildman–Crippen LogP) is -0.703. The van der Waals surface area contributed by atoms with Crippen molar-refractivity contribution in [3.05, 3.63) is 40.4 Å². The number of hydrogen-bond acceptors (Lipinski definition) is 6. The number of tetrazole rings is 1. The van der Waals surface area contributed by atoms with E-state index in [9.17, 15) is 13.2 Å². The molecule has 2 aromatic rings. The van der Waals surface area contributed by atoms with E-state index in [2.05, 4.69) is 15.4 Å². The lowest BCUT2D eigenvalue weighted by Gasteiger charge is -1.94. The number of nitrogens with zero attached hydrogens (tertiary/aromatic N) is 5. The van der Waals surface area contributed by atoms with Gasteiger partial charge >= 0.3 is 5.69 Å². The molecule has 8 nitrogen and oxygen atoms in total. The number of pyridine rings is 1. The summed E-state index contributed by atoms with van der Waals surface area (Å²) < 4.78 is 23.7. The highest BCUT2D eigenvalue weighted by Gasteiger charge is 2.07. The summed E-state index contributed by atoms with van der Waals surface area (Å²) in [6.45, 7) is 0. The molecule has 0 saturated carbocycles. The summed E-state index contributed by atoms with van der Waals surface area (Å²) in [4.78, 5) is 15.7. The molecule has 0 aliphatic rings. The van der Waals surface area contributed by atoms with Crippen molar-refractivity contribution in [2.24, 2.45) is 0 Å². The first-order chi connectivity index (χ1) is 8.47. The van der Waals surface area contributed by atoms with Crippen LogP contribution < -0.4 is 5.69 Å². The average Bonchev–Trinajstić information content (AvgIpc) is 2.68. The van der Waals surface area contributed by atoms with Gasteiger partial charge in [0.1, 0.15) is 0 Å². The van der Waals surface area contributed by atoms with E-state index in [1.165, 1.54) is 6.20 Å². The first kappa shape index (κ1) is 12.2. The number of sulfone groups is 1. The standard InChI is InChI=1S/C9H9N5O3S/c1-18(16,17)6-5-13-9(15)14(12-11-13)8-3-2-4-10-7-8/h2-7H,1H3. The fraction of sp³-hybridized carbons (Fsp3) is 0.111. The van der Waals surface area contributed by atoms with Gasteiger partial charge in [0.05, 0.1) is 11.9 Å². The Labute approximate surface area is 102 Å². The van der Waals surface area contributed by atoms with Crippen molar-refractivity contribution in [1.82, 2.24) is 24.8 Å². The van der Waals surface area contributed by atoms with Gasteiger partial charge in [-0.3, -0.25) is 4.98 Å². The van der Waals surface area contributed by atoms with E-state index in [0.29, 0.717) is 5.69 Å². The first-order valence-electron chi connectivity index (χ1n) is 4.80. The fourth-order valence-electron chi connectivity index (χ4n) is 1.16. The van der Waals surface area contributed by atoms with Gasteiger partial charge in [-0.25, -0.2) is 13.2 Å². The third-order valence-corrected chi connectivity index (χ3v) is 2.56. The molecule has 0 bridgehead atoms. The Morgan fingerprint density at radius 1 is 1.33 bits per heavy atom. The van der Waals surface area contributed by atoms with Gasteiger partial charge in [-0.15, -0.1) is 0 Å². The topological polar surface area (TPSA) is 99.7 Å². The van der Waals surface area contributed by atoms with Crippen LogP contribution in [-0.4, -0.2) is 39.4 Å². The summed E-state index contributed by atoms with van der Waals surface area (Å²) in [6.07, 6.45) is 5.06. The minimum atomic E-state index is -3.32. The van der Waals surface area contributed by atoms with Crippen molar-refractivity contribution in [1.29, 1.82) is 0 Å². The highest BCUT2D eigenvalue weighted by atomic mass is 32.2. The van der Waals surface area contributed by atoms with Gasteiger partial charge in [-0.05, 0) is 22.6 Å². The van der Waals surface area contributed by atoms with Crippen molar-refractivity contribution in [2.75, 3.05) is 6.26 Å². The van der Waals surface area contributed by atoms with Crippen molar-refractivity contribution < 1.29 is 8.42 Å². The van der Waals surface area contributed by atoms with Crippen LogP contribution in [0.5, 0.6) is 0 Å². The second-order valence-electron chi connectivity index (χ2n) is 3.44. The average molecular weight is 267 g/mol. The second-order valence-corrected chi connectivity index (χ2v) is 5.37. The van der Waals surface area contributed by atoms with Crippen molar-refractivity contribution >= 4 is 16.0 Å². The lowest BCUT2D eigenvalue weighted by atomic mass is 10.4. The van der Waals surface area contributed by atoms with Gasteiger partial charge in [-0.1, -0.05) is 0 Å². The molecular weight excluding hydrogens is 258 g/mol. The highest BCUT2D eigenvalue weighted by Crippen LogP contribution is 1.98. The number of rotatable bonds is 3. The molecular formula is C9H9N5O3S. The van der Waals surface area contributed by atoms with Crippen LogP contribution in [0.1, 0.15) is 0 Å². The number of aromatic nitrogens is 5. The lowest BCUT2D eigenvalue weighted by molar-refractivity contribution is 0.610. The quantitative estimate of drug-likeness (QED) is 0.728. The molecule has 94 valence electrons. The van der Waals surface area contributed by atoms with Gasteiger partial charge in [0.25, 0.3) is 0 Å². The van der Waals surface area contributed by atoms with E-state index in [-0.39, 0.29) is 0 Å². The zero-order valence-corrected chi connectivity index (χ0v) is 10.1. The summed E-state index contributed by atoms with van der Waals surface area (Å²) in [7, 11) is -3.32. The van der Waals surface area contributed by atoms with Crippen molar-refractivity contribution in [2.45, 2.75) is 0 Å². The van der Waals surface area contributed by atoms with Crippen LogP contribution in [0.4, 0.5) is 0 Å². The largest absolute Gasteiger partial charge is 0.372 e. The maximum Gasteiger partial charge on any atom is 0.372 e. The van der Waals surface area contributed by atoms with Gasteiger partial charge in [0.15, 0.2) is 9.84 Å². The van der Waals surface area contributed by atoms with Gasteiger partial charge in [0.2, 0.25) is 0 Å². The molecule has 0 unspecified atom stereocenters. The number of hydrogen-bond donors (Lipinski definition) is 0. The molecule has 2 rings (SSSR count). The molecule has 2 aromatic heterocycles. The first-order valence-corrected chi connectivity index (χ1v) is 6.76. The third-order valence-electron chi connectivity index (χ3n) is 1.94. The van der Waals surface area contributed by atoms with Crippen LogP contribution in [0.2, 0.25) is 0 Å². The molecule has 0 spiro atoms. The summed E-state index contributed by atoms with van der Waals surface area (Å²) in [5.74, 6) is 0. The minimum absolute atomic E-state index is 0.446. The lowest BCUT2D eigenvalue weighted by Crippen LogP contribution is -2.21. The van der Waals surface area contributed by atoms with E-state index < -0.39 is 15.5 Å². The predicted molar refractivity (Wildman–Crippen MR) is 63.6 cm³/mol. The van der Waals surface area contributed by atoms with Crippen LogP contribution >= 0.6 is 0 Å². The summed E-state index contributed by atoms with van der Waals surface area (Å²) in [5, 5.41) is 8.02. The Morgan fingerprint density at radius 3 is 2.72 bits per heavy atom. The second kappa shape index (κ2) is 4.53. The van der Waals surface area contributed by atoms with E-state index in [1.54, 1.807) is 18.3 Å². The van der Waals surface area contributed by atoms with Crippen LogP contribution in [0.25, 0.3) is 11.9 Å². The zero-order chi connectivity index (χ0) is 13.2. The molecule has 0 saturated heterocycles. The maximum absolute atomic E-state index is 11.8. The molecule has 0 fully saturated rings. The van der Waals surface area contributed by atoms with Crippen LogP contribution in [-0.2, 0) is 9.84 Å². The Kier molecular flexibility index (Phi) is 3.06. The SMILES string of the molecule is CS(=O)(=O)C=Cn1nnn(-c2cccnc2)c1=O. The fourth-order valence-corrected chi connectivity index (χ4v) is 1.50. The molecule has 0 aliphatic heterocycles. The summed E-state index contributed by atoms with van der Waals surface area (Å²) in [6, 6.07) is 3.28. The van der Waals surface area contributed by atoms with Crippen LogP contribution in [0, 0.1) is 0 Å². The third kappa shape index (κ3) is 2.69. The molecule has 0 N–H and O–H groups in total. The molecule has 18 heavy (non-hydrogen) atoms. The Balaban J connectivity index is 2.42. The van der Waals surface area contributed by atoms with Gasteiger partial charge in [-0.2, -0.15) is 9.36 Å². The summed E-state index contributed by atoms with van der Waals surface area (Å²) in [5.41, 5.74) is -0.135. The van der Waals surface area contributed by atoms with E-state index in [4.69, 9.17) is 0 Å². The summed E-state index contributed by atoms with van der Waals surface area (Å²) >= 11 is 0. The van der Waals surface area contributed by atoms with Crippen molar-refractivity contribution in [3.8, 4) is 5.69 Å². The molecule has 9 heteroatoms.